The molecule has 0 amide bonds. The van der Waals surface area contributed by atoms with E-state index in [4.69, 9.17) is 4.52 Å². The first-order chi connectivity index (χ1) is 7.74. The zero-order valence-corrected chi connectivity index (χ0v) is 10.3. The number of aryl methyl sites for hydroxylation is 1. The van der Waals surface area contributed by atoms with Gasteiger partial charge in [-0.05, 0) is 32.1 Å². The van der Waals surface area contributed by atoms with Crippen molar-refractivity contribution in [3.05, 3.63) is 17.5 Å². The fourth-order valence-corrected chi connectivity index (χ4v) is 2.44. The minimum atomic E-state index is 0.662. The molecule has 0 spiro atoms. The van der Waals surface area contributed by atoms with Gasteiger partial charge in [-0.25, -0.2) is 0 Å². The zero-order valence-electron chi connectivity index (χ0n) is 10.3. The van der Waals surface area contributed by atoms with Gasteiger partial charge in [-0.1, -0.05) is 24.9 Å². The van der Waals surface area contributed by atoms with Gasteiger partial charge in [0.25, 0.3) is 0 Å². The van der Waals surface area contributed by atoms with Crippen LogP contribution in [-0.2, 0) is 6.54 Å². The van der Waals surface area contributed by atoms with E-state index < -0.39 is 0 Å². The first-order valence-electron chi connectivity index (χ1n) is 6.39. The lowest BCUT2D eigenvalue weighted by atomic mass is 10.0. The zero-order chi connectivity index (χ0) is 11.4. The topological polar surface area (TPSA) is 38.1 Å². The van der Waals surface area contributed by atoms with Gasteiger partial charge in [-0.15, -0.1) is 0 Å². The summed E-state index contributed by atoms with van der Waals surface area (Å²) >= 11 is 0. The molecule has 16 heavy (non-hydrogen) atoms. The number of nitrogens with one attached hydrogen (secondary N) is 1. The summed E-state index contributed by atoms with van der Waals surface area (Å²) in [6, 6.07) is 2.67. The van der Waals surface area contributed by atoms with Crippen molar-refractivity contribution in [2.75, 3.05) is 0 Å². The Bertz CT molecular complexity index is 321. The molecule has 3 heteroatoms. The Labute approximate surface area is 97.6 Å². The quantitative estimate of drug-likeness (QED) is 0.799. The van der Waals surface area contributed by atoms with Gasteiger partial charge < -0.3 is 9.84 Å². The van der Waals surface area contributed by atoms with E-state index in [1.54, 1.807) is 0 Å². The second-order valence-corrected chi connectivity index (χ2v) is 5.13. The highest BCUT2D eigenvalue weighted by molar-refractivity contribution is 5.02. The lowest BCUT2D eigenvalue weighted by molar-refractivity contribution is 0.351. The molecule has 1 heterocycles. The smallest absolute Gasteiger partial charge is 0.150 e. The minimum Gasteiger partial charge on any atom is -0.360 e. The summed E-state index contributed by atoms with van der Waals surface area (Å²) in [4.78, 5) is 0. The van der Waals surface area contributed by atoms with Crippen molar-refractivity contribution in [3.63, 3.8) is 0 Å². The summed E-state index contributed by atoms with van der Waals surface area (Å²) in [5, 5.41) is 7.47. The third-order valence-corrected chi connectivity index (χ3v) is 3.50. The first-order valence-corrected chi connectivity index (χ1v) is 6.39. The van der Waals surface area contributed by atoms with Gasteiger partial charge in [-0.2, -0.15) is 0 Å². The van der Waals surface area contributed by atoms with Gasteiger partial charge in [0.1, 0.15) is 0 Å². The molecule has 1 aliphatic carbocycles. The molecule has 1 N–H and O–H groups in total. The fourth-order valence-electron chi connectivity index (χ4n) is 2.44. The van der Waals surface area contributed by atoms with Crippen molar-refractivity contribution >= 4 is 0 Å². The molecule has 1 aliphatic rings. The standard InChI is InChI=1S/C13H22N2O/c1-10-4-3-5-12(7-6-10)14-9-13-8-11(2)15-16-13/h8,10,12,14H,3-7,9H2,1-2H3. The van der Waals surface area contributed by atoms with Crippen LogP contribution in [0.4, 0.5) is 0 Å². The van der Waals surface area contributed by atoms with Crippen LogP contribution in [0, 0.1) is 12.8 Å². The number of nitrogens with zero attached hydrogens (tertiary/aromatic N) is 1. The molecular weight excluding hydrogens is 200 g/mol. The van der Waals surface area contributed by atoms with Crippen molar-refractivity contribution in [1.29, 1.82) is 0 Å². The van der Waals surface area contributed by atoms with Gasteiger partial charge in [0.2, 0.25) is 0 Å². The van der Waals surface area contributed by atoms with E-state index in [1.165, 1.54) is 32.1 Å². The van der Waals surface area contributed by atoms with Crippen LogP contribution < -0.4 is 5.32 Å². The van der Waals surface area contributed by atoms with E-state index in [9.17, 15) is 0 Å². The van der Waals surface area contributed by atoms with Crippen molar-refractivity contribution in [2.24, 2.45) is 5.92 Å². The van der Waals surface area contributed by atoms with Crippen LogP contribution in [0.1, 0.15) is 50.5 Å². The maximum Gasteiger partial charge on any atom is 0.150 e. The molecule has 0 aliphatic heterocycles. The highest BCUT2D eigenvalue weighted by Gasteiger charge is 2.15. The molecule has 0 radical (unpaired) electrons. The minimum absolute atomic E-state index is 0.662. The Hall–Kier alpha value is -0.830. The first kappa shape index (κ1) is 11.6. The Kier molecular flexibility index (Phi) is 3.99. The average molecular weight is 222 g/mol. The Morgan fingerprint density at radius 1 is 1.38 bits per heavy atom. The van der Waals surface area contributed by atoms with Crippen LogP contribution in [0.2, 0.25) is 0 Å². The third-order valence-electron chi connectivity index (χ3n) is 3.50. The second kappa shape index (κ2) is 5.48. The molecule has 2 atom stereocenters. The second-order valence-electron chi connectivity index (χ2n) is 5.13. The largest absolute Gasteiger partial charge is 0.360 e. The van der Waals surface area contributed by atoms with Gasteiger partial charge in [0.05, 0.1) is 12.2 Å². The number of hydrogen-bond acceptors (Lipinski definition) is 3. The van der Waals surface area contributed by atoms with Crippen molar-refractivity contribution in [3.8, 4) is 0 Å². The van der Waals surface area contributed by atoms with Crippen LogP contribution in [0.15, 0.2) is 10.6 Å². The monoisotopic (exact) mass is 222 g/mol. The summed E-state index contributed by atoms with van der Waals surface area (Å²) in [6.07, 6.45) is 6.70. The summed E-state index contributed by atoms with van der Waals surface area (Å²) in [6.45, 7) is 5.14. The molecule has 1 saturated carbocycles. The lowest BCUT2D eigenvalue weighted by Crippen LogP contribution is -2.27. The Morgan fingerprint density at radius 2 is 2.25 bits per heavy atom. The molecule has 1 aromatic rings. The molecule has 0 saturated heterocycles. The number of rotatable bonds is 3. The molecule has 1 aromatic heterocycles. The van der Waals surface area contributed by atoms with E-state index in [1.807, 2.05) is 13.0 Å². The third kappa shape index (κ3) is 3.34. The molecule has 2 rings (SSSR count). The molecule has 0 bridgehead atoms. The molecular formula is C13H22N2O. The SMILES string of the molecule is Cc1cc(CNC2CCCC(C)CC2)on1. The van der Waals surface area contributed by atoms with Gasteiger partial charge in [0.15, 0.2) is 5.76 Å². The van der Waals surface area contributed by atoms with E-state index in [0.29, 0.717) is 6.04 Å². The predicted octanol–water partition coefficient (Wildman–Crippen LogP) is 3.04. The number of hydrogen-bond donors (Lipinski definition) is 1. The van der Waals surface area contributed by atoms with Gasteiger partial charge in [-0.3, -0.25) is 0 Å². The predicted molar refractivity (Wildman–Crippen MR) is 64.1 cm³/mol. The van der Waals surface area contributed by atoms with Crippen molar-refractivity contribution in [1.82, 2.24) is 10.5 Å². The summed E-state index contributed by atoms with van der Waals surface area (Å²) in [5.41, 5.74) is 0.964. The van der Waals surface area contributed by atoms with Gasteiger partial charge in [0, 0.05) is 12.1 Å². The highest BCUT2D eigenvalue weighted by Crippen LogP contribution is 2.22. The molecule has 2 unspecified atom stereocenters. The summed E-state index contributed by atoms with van der Waals surface area (Å²) in [7, 11) is 0. The van der Waals surface area contributed by atoms with Crippen LogP contribution in [-0.4, -0.2) is 11.2 Å². The number of aromatic nitrogens is 1. The van der Waals surface area contributed by atoms with E-state index >= 15 is 0 Å². The van der Waals surface area contributed by atoms with E-state index in [-0.39, 0.29) is 0 Å². The summed E-state index contributed by atoms with van der Waals surface area (Å²) in [5.74, 6) is 1.86. The Balaban J connectivity index is 1.77. The molecule has 3 nitrogen and oxygen atoms in total. The maximum atomic E-state index is 5.20. The average Bonchev–Trinajstić information content (AvgIpc) is 2.56. The van der Waals surface area contributed by atoms with Crippen molar-refractivity contribution in [2.45, 2.75) is 58.5 Å². The van der Waals surface area contributed by atoms with Gasteiger partial charge >= 0.3 is 0 Å². The highest BCUT2D eigenvalue weighted by atomic mass is 16.5. The lowest BCUT2D eigenvalue weighted by Gasteiger charge is -2.14. The van der Waals surface area contributed by atoms with E-state index in [2.05, 4.69) is 17.4 Å². The van der Waals surface area contributed by atoms with Crippen molar-refractivity contribution < 1.29 is 4.52 Å². The maximum absolute atomic E-state index is 5.20. The molecule has 0 aromatic carbocycles. The fraction of sp³-hybridized carbons (Fsp3) is 0.769. The Morgan fingerprint density at radius 3 is 3.00 bits per heavy atom. The molecule has 1 fully saturated rings. The van der Waals surface area contributed by atoms with Crippen LogP contribution >= 0.6 is 0 Å². The van der Waals surface area contributed by atoms with Crippen LogP contribution in [0.5, 0.6) is 0 Å². The van der Waals surface area contributed by atoms with Crippen LogP contribution in [0.25, 0.3) is 0 Å². The molecule has 90 valence electrons. The summed E-state index contributed by atoms with van der Waals surface area (Å²) < 4.78 is 5.20. The normalized spacial score (nSPS) is 26.6. The van der Waals surface area contributed by atoms with Crippen LogP contribution in [0.3, 0.4) is 0 Å². The van der Waals surface area contributed by atoms with E-state index in [0.717, 1.165) is 23.9 Å².